The van der Waals surface area contributed by atoms with E-state index in [2.05, 4.69) is 16.2 Å². The van der Waals surface area contributed by atoms with Crippen molar-refractivity contribution < 1.29 is 4.74 Å². The highest BCUT2D eigenvalue weighted by Crippen LogP contribution is 2.28. The lowest BCUT2D eigenvalue weighted by atomic mass is 10.1. The third kappa shape index (κ3) is 2.60. The maximum atomic E-state index is 5.96. The van der Waals surface area contributed by atoms with Gasteiger partial charge in [0.1, 0.15) is 5.75 Å². The molecule has 0 saturated heterocycles. The summed E-state index contributed by atoms with van der Waals surface area (Å²) in [6.45, 7) is 2.00. The minimum Gasteiger partial charge on any atom is -0.497 e. The van der Waals surface area contributed by atoms with Crippen molar-refractivity contribution >= 4 is 10.9 Å². The molecule has 2 N–H and O–H groups in total. The predicted molar refractivity (Wildman–Crippen MR) is 82.8 cm³/mol. The van der Waals surface area contributed by atoms with Crippen LogP contribution >= 0.6 is 0 Å². The SMILES string of the molecule is COc1ccc2c(c1)c(CC(C)N)cn2-c1ncccn1. The number of hydrogen-bond acceptors (Lipinski definition) is 4. The summed E-state index contributed by atoms with van der Waals surface area (Å²) in [4.78, 5) is 8.65. The molecular formula is C16H18N4O. The molecule has 2 heterocycles. The van der Waals surface area contributed by atoms with E-state index in [0.29, 0.717) is 5.95 Å². The second kappa shape index (κ2) is 5.54. The van der Waals surface area contributed by atoms with E-state index in [0.717, 1.165) is 23.1 Å². The Labute approximate surface area is 123 Å². The number of fused-ring (bicyclic) bond motifs is 1. The molecule has 108 valence electrons. The minimum atomic E-state index is 0.0898. The van der Waals surface area contributed by atoms with Crippen molar-refractivity contribution in [3.05, 3.63) is 48.4 Å². The van der Waals surface area contributed by atoms with Crippen molar-refractivity contribution in [2.45, 2.75) is 19.4 Å². The van der Waals surface area contributed by atoms with Gasteiger partial charge in [0.15, 0.2) is 0 Å². The number of hydrogen-bond donors (Lipinski definition) is 1. The summed E-state index contributed by atoms with van der Waals surface area (Å²) in [5, 5.41) is 1.12. The van der Waals surface area contributed by atoms with E-state index in [9.17, 15) is 0 Å². The number of ether oxygens (including phenoxy) is 1. The lowest BCUT2D eigenvalue weighted by Crippen LogP contribution is -2.17. The van der Waals surface area contributed by atoms with Gasteiger partial charge in [0.2, 0.25) is 5.95 Å². The van der Waals surface area contributed by atoms with Crippen LogP contribution in [-0.4, -0.2) is 27.7 Å². The standard InChI is InChI=1S/C16H18N4O/c1-11(17)8-12-10-20(16-18-6-3-7-19-16)15-5-4-13(21-2)9-14(12)15/h3-7,9-11H,8,17H2,1-2H3. The van der Waals surface area contributed by atoms with Crippen LogP contribution in [0.15, 0.2) is 42.9 Å². The van der Waals surface area contributed by atoms with Crippen molar-refractivity contribution in [1.29, 1.82) is 0 Å². The Hall–Kier alpha value is -2.40. The maximum absolute atomic E-state index is 5.96. The Kier molecular flexibility index (Phi) is 3.58. The second-order valence-electron chi connectivity index (χ2n) is 5.14. The first-order valence-electron chi connectivity index (χ1n) is 6.90. The van der Waals surface area contributed by atoms with E-state index < -0.39 is 0 Å². The molecule has 0 spiro atoms. The van der Waals surface area contributed by atoms with Gasteiger partial charge in [-0.2, -0.15) is 0 Å². The van der Waals surface area contributed by atoms with Crippen molar-refractivity contribution in [3.8, 4) is 11.7 Å². The minimum absolute atomic E-state index is 0.0898. The van der Waals surface area contributed by atoms with Gasteiger partial charge in [-0.3, -0.25) is 4.57 Å². The summed E-state index contributed by atoms with van der Waals surface area (Å²) < 4.78 is 7.32. The smallest absolute Gasteiger partial charge is 0.234 e. The van der Waals surface area contributed by atoms with Gasteiger partial charge in [0.05, 0.1) is 12.6 Å². The first-order chi connectivity index (χ1) is 10.2. The highest BCUT2D eigenvalue weighted by atomic mass is 16.5. The van der Waals surface area contributed by atoms with Crippen LogP contribution in [-0.2, 0) is 6.42 Å². The summed E-state index contributed by atoms with van der Waals surface area (Å²) in [5.41, 5.74) is 8.19. The number of aromatic nitrogens is 3. The molecule has 3 aromatic rings. The Morgan fingerprint density at radius 1 is 1.29 bits per heavy atom. The molecule has 1 unspecified atom stereocenters. The Morgan fingerprint density at radius 3 is 2.71 bits per heavy atom. The summed E-state index contributed by atoms with van der Waals surface area (Å²) >= 11 is 0. The maximum Gasteiger partial charge on any atom is 0.234 e. The fourth-order valence-corrected chi connectivity index (χ4v) is 2.49. The van der Waals surface area contributed by atoms with Crippen LogP contribution in [0, 0.1) is 0 Å². The highest BCUT2D eigenvalue weighted by Gasteiger charge is 2.13. The van der Waals surface area contributed by atoms with Gasteiger partial charge in [0.25, 0.3) is 0 Å². The molecule has 2 aromatic heterocycles. The van der Waals surface area contributed by atoms with E-state index in [4.69, 9.17) is 10.5 Å². The average Bonchev–Trinajstić information content (AvgIpc) is 2.85. The van der Waals surface area contributed by atoms with E-state index in [-0.39, 0.29) is 6.04 Å². The third-order valence-corrected chi connectivity index (χ3v) is 3.40. The normalized spacial score (nSPS) is 12.5. The van der Waals surface area contributed by atoms with Crippen LogP contribution in [0.25, 0.3) is 16.9 Å². The zero-order chi connectivity index (χ0) is 14.8. The van der Waals surface area contributed by atoms with Crippen LogP contribution in [0.4, 0.5) is 0 Å². The van der Waals surface area contributed by atoms with E-state index in [1.807, 2.05) is 29.7 Å². The summed E-state index contributed by atoms with van der Waals surface area (Å²) in [6, 6.07) is 7.90. The van der Waals surface area contributed by atoms with Crippen molar-refractivity contribution in [1.82, 2.24) is 14.5 Å². The molecule has 3 rings (SSSR count). The summed E-state index contributed by atoms with van der Waals surface area (Å²) in [7, 11) is 1.67. The Balaban J connectivity index is 2.21. The molecule has 1 atom stereocenters. The Morgan fingerprint density at radius 2 is 2.05 bits per heavy atom. The van der Waals surface area contributed by atoms with E-state index >= 15 is 0 Å². The monoisotopic (exact) mass is 282 g/mol. The van der Waals surface area contributed by atoms with Gasteiger partial charge in [-0.05, 0) is 43.2 Å². The molecule has 0 saturated carbocycles. The summed E-state index contributed by atoms with van der Waals surface area (Å²) in [5.74, 6) is 1.49. The summed E-state index contributed by atoms with van der Waals surface area (Å²) in [6.07, 6.45) is 6.33. The second-order valence-corrected chi connectivity index (χ2v) is 5.14. The first kappa shape index (κ1) is 13.6. The number of rotatable bonds is 4. The largest absolute Gasteiger partial charge is 0.497 e. The lowest BCUT2D eigenvalue weighted by Gasteiger charge is -2.04. The molecule has 0 aliphatic rings. The van der Waals surface area contributed by atoms with E-state index in [1.165, 1.54) is 5.56 Å². The topological polar surface area (TPSA) is 66.0 Å². The zero-order valence-corrected chi connectivity index (χ0v) is 12.2. The molecule has 0 aliphatic heterocycles. The number of benzene rings is 1. The molecule has 0 radical (unpaired) electrons. The van der Waals surface area contributed by atoms with Gasteiger partial charge < -0.3 is 10.5 Å². The lowest BCUT2D eigenvalue weighted by molar-refractivity contribution is 0.415. The fraction of sp³-hybridized carbons (Fsp3) is 0.250. The molecule has 0 bridgehead atoms. The number of nitrogens with two attached hydrogens (primary N) is 1. The van der Waals surface area contributed by atoms with Crippen LogP contribution in [0.5, 0.6) is 5.75 Å². The van der Waals surface area contributed by atoms with Crippen molar-refractivity contribution in [2.75, 3.05) is 7.11 Å². The average molecular weight is 282 g/mol. The van der Waals surface area contributed by atoms with Gasteiger partial charge in [-0.25, -0.2) is 9.97 Å². The number of nitrogens with zero attached hydrogens (tertiary/aromatic N) is 3. The molecule has 5 heteroatoms. The molecule has 0 amide bonds. The molecule has 21 heavy (non-hydrogen) atoms. The van der Waals surface area contributed by atoms with Gasteiger partial charge in [0, 0.05) is 30.0 Å². The Bertz CT molecular complexity index is 750. The van der Waals surface area contributed by atoms with Crippen molar-refractivity contribution in [3.63, 3.8) is 0 Å². The quantitative estimate of drug-likeness (QED) is 0.797. The predicted octanol–water partition coefficient (Wildman–Crippen LogP) is 2.32. The highest BCUT2D eigenvalue weighted by molar-refractivity contribution is 5.86. The molecule has 0 aliphatic carbocycles. The van der Waals surface area contributed by atoms with E-state index in [1.54, 1.807) is 25.6 Å². The van der Waals surface area contributed by atoms with Crippen molar-refractivity contribution in [2.24, 2.45) is 5.73 Å². The van der Waals surface area contributed by atoms with Crippen LogP contribution < -0.4 is 10.5 Å². The van der Waals surface area contributed by atoms with Crippen LogP contribution in [0.1, 0.15) is 12.5 Å². The third-order valence-electron chi connectivity index (χ3n) is 3.40. The fourth-order valence-electron chi connectivity index (χ4n) is 2.49. The molecular weight excluding hydrogens is 264 g/mol. The first-order valence-corrected chi connectivity index (χ1v) is 6.90. The van der Waals surface area contributed by atoms with Gasteiger partial charge >= 0.3 is 0 Å². The molecule has 1 aromatic carbocycles. The molecule has 5 nitrogen and oxygen atoms in total. The van der Waals surface area contributed by atoms with Crippen LogP contribution in [0.3, 0.4) is 0 Å². The zero-order valence-electron chi connectivity index (χ0n) is 12.2. The number of methoxy groups -OCH3 is 1. The van der Waals surface area contributed by atoms with Gasteiger partial charge in [-0.15, -0.1) is 0 Å². The van der Waals surface area contributed by atoms with Gasteiger partial charge in [-0.1, -0.05) is 0 Å². The molecule has 0 fully saturated rings. The van der Waals surface area contributed by atoms with Crippen LogP contribution in [0.2, 0.25) is 0 Å².